The Bertz CT molecular complexity index is 1130. The van der Waals surface area contributed by atoms with Crippen molar-refractivity contribution in [3.05, 3.63) is 81.6 Å². The van der Waals surface area contributed by atoms with E-state index in [0.717, 1.165) is 28.3 Å². The van der Waals surface area contributed by atoms with E-state index in [-0.39, 0.29) is 11.3 Å². The lowest BCUT2D eigenvalue weighted by molar-refractivity contribution is 0.414. The molecule has 0 radical (unpaired) electrons. The van der Waals surface area contributed by atoms with Crippen LogP contribution in [0.15, 0.2) is 64.8 Å². The van der Waals surface area contributed by atoms with Gasteiger partial charge in [-0.3, -0.25) is 9.89 Å². The number of hydrogen-bond donors (Lipinski definition) is 2. The number of hydrogen-bond acceptors (Lipinski definition) is 5. The molecule has 0 spiro atoms. The van der Waals surface area contributed by atoms with Crippen LogP contribution in [0.4, 0.5) is 0 Å². The first-order valence-corrected chi connectivity index (χ1v) is 9.19. The average molecular weight is 379 g/mol. The fraction of sp³-hybridized carbons (Fsp3) is 0.100. The van der Waals surface area contributed by atoms with Gasteiger partial charge in [0.15, 0.2) is 0 Å². The summed E-state index contributed by atoms with van der Waals surface area (Å²) in [5, 5.41) is 15.0. The number of rotatable bonds is 5. The third kappa shape index (κ3) is 3.63. The fourth-order valence-electron chi connectivity index (χ4n) is 2.81. The largest absolute Gasteiger partial charge is 0.508 e. The standard InChI is InChI=1S/C20H17N3O3S/c1-26-17-4-2-3-13(10-17)9-15-11-19(25)23(22-15)20-21-18(12-27-20)14-5-7-16(24)8-6-14/h2-8,10-12,22,24H,9H2,1H3. The molecule has 4 aromatic rings. The van der Waals surface area contributed by atoms with Crippen molar-refractivity contribution in [2.24, 2.45) is 0 Å². The third-order valence-electron chi connectivity index (χ3n) is 4.15. The Morgan fingerprint density at radius 1 is 1.19 bits per heavy atom. The molecule has 0 saturated heterocycles. The van der Waals surface area contributed by atoms with Crippen LogP contribution in [0.5, 0.6) is 11.5 Å². The summed E-state index contributed by atoms with van der Waals surface area (Å²) in [5.41, 5.74) is 3.33. The van der Waals surface area contributed by atoms with Crippen molar-refractivity contribution < 1.29 is 9.84 Å². The van der Waals surface area contributed by atoms with E-state index in [1.807, 2.05) is 29.6 Å². The van der Waals surface area contributed by atoms with Gasteiger partial charge in [0, 0.05) is 29.1 Å². The SMILES string of the molecule is COc1cccc(Cc2cc(=O)n(-c3nc(-c4ccc(O)cc4)cs3)[nH]2)c1. The number of ether oxygens (including phenoxy) is 1. The molecule has 4 rings (SSSR count). The van der Waals surface area contributed by atoms with Gasteiger partial charge in [0.25, 0.3) is 5.56 Å². The molecule has 2 aromatic heterocycles. The Balaban J connectivity index is 1.60. The van der Waals surface area contributed by atoms with Crippen molar-refractivity contribution in [3.8, 4) is 27.9 Å². The van der Waals surface area contributed by atoms with Gasteiger partial charge in [0.2, 0.25) is 5.13 Å². The molecule has 0 bridgehead atoms. The lowest BCUT2D eigenvalue weighted by atomic mass is 10.1. The molecule has 136 valence electrons. The van der Waals surface area contributed by atoms with Crippen LogP contribution in [0.25, 0.3) is 16.4 Å². The zero-order valence-corrected chi connectivity index (χ0v) is 15.4. The molecule has 2 heterocycles. The fourth-order valence-corrected chi connectivity index (χ4v) is 3.61. The summed E-state index contributed by atoms with van der Waals surface area (Å²) in [6.45, 7) is 0. The van der Waals surface area contributed by atoms with Crippen molar-refractivity contribution in [3.63, 3.8) is 0 Å². The highest BCUT2D eigenvalue weighted by Gasteiger charge is 2.11. The quantitative estimate of drug-likeness (QED) is 0.555. The van der Waals surface area contributed by atoms with Crippen LogP contribution in [0.2, 0.25) is 0 Å². The summed E-state index contributed by atoms with van der Waals surface area (Å²) in [6, 6.07) is 16.1. The molecule has 7 heteroatoms. The number of thiazole rings is 1. The van der Waals surface area contributed by atoms with E-state index in [9.17, 15) is 9.90 Å². The molecule has 0 saturated carbocycles. The van der Waals surface area contributed by atoms with E-state index < -0.39 is 0 Å². The molecule has 0 unspecified atom stereocenters. The van der Waals surface area contributed by atoms with Gasteiger partial charge in [-0.05, 0) is 42.0 Å². The van der Waals surface area contributed by atoms with Crippen molar-refractivity contribution in [2.75, 3.05) is 7.11 Å². The number of nitrogens with one attached hydrogen (secondary N) is 1. The predicted octanol–water partition coefficient (Wildman–Crippen LogP) is 3.59. The smallest absolute Gasteiger partial charge is 0.273 e. The van der Waals surface area contributed by atoms with Crippen LogP contribution in [-0.4, -0.2) is 27.0 Å². The van der Waals surface area contributed by atoms with E-state index in [0.29, 0.717) is 11.6 Å². The molecular weight excluding hydrogens is 362 g/mol. The number of H-pyrrole nitrogens is 1. The predicted molar refractivity (Wildman–Crippen MR) is 105 cm³/mol. The van der Waals surface area contributed by atoms with Gasteiger partial charge >= 0.3 is 0 Å². The highest BCUT2D eigenvalue weighted by atomic mass is 32.1. The molecule has 0 fully saturated rings. The highest BCUT2D eigenvalue weighted by molar-refractivity contribution is 7.12. The van der Waals surface area contributed by atoms with Crippen molar-refractivity contribution in [1.29, 1.82) is 0 Å². The zero-order valence-electron chi connectivity index (χ0n) is 14.5. The minimum absolute atomic E-state index is 0.153. The number of aromatic amines is 1. The van der Waals surface area contributed by atoms with Gasteiger partial charge in [-0.2, -0.15) is 4.68 Å². The van der Waals surface area contributed by atoms with Gasteiger partial charge in [0.05, 0.1) is 12.8 Å². The summed E-state index contributed by atoms with van der Waals surface area (Å²) < 4.78 is 6.69. The van der Waals surface area contributed by atoms with Crippen molar-refractivity contribution >= 4 is 11.3 Å². The maximum Gasteiger partial charge on any atom is 0.273 e. The van der Waals surface area contributed by atoms with Gasteiger partial charge in [-0.25, -0.2) is 4.98 Å². The number of methoxy groups -OCH3 is 1. The summed E-state index contributed by atoms with van der Waals surface area (Å²) in [6.07, 6.45) is 0.593. The summed E-state index contributed by atoms with van der Waals surface area (Å²) in [5.74, 6) is 0.990. The number of benzene rings is 2. The van der Waals surface area contributed by atoms with Crippen LogP contribution in [0, 0.1) is 0 Å². The Labute approximate surface area is 159 Å². The Hall–Kier alpha value is -3.32. The monoisotopic (exact) mass is 379 g/mol. The molecule has 0 amide bonds. The normalized spacial score (nSPS) is 10.9. The molecule has 0 aliphatic rings. The van der Waals surface area contributed by atoms with Gasteiger partial charge < -0.3 is 9.84 Å². The molecule has 27 heavy (non-hydrogen) atoms. The molecule has 0 aliphatic carbocycles. The van der Waals surface area contributed by atoms with Crippen molar-refractivity contribution in [2.45, 2.75) is 6.42 Å². The van der Waals surface area contributed by atoms with Crippen LogP contribution < -0.4 is 10.3 Å². The molecule has 2 N–H and O–H groups in total. The molecule has 0 atom stereocenters. The maximum absolute atomic E-state index is 12.4. The minimum atomic E-state index is -0.153. The number of phenolic OH excluding ortho intramolecular Hbond substituents is 1. The van der Waals surface area contributed by atoms with Crippen LogP contribution in [0.1, 0.15) is 11.3 Å². The lowest BCUT2D eigenvalue weighted by Gasteiger charge is -2.03. The van der Waals surface area contributed by atoms with Crippen molar-refractivity contribution in [1.82, 2.24) is 14.8 Å². The molecule has 0 aliphatic heterocycles. The summed E-state index contributed by atoms with van der Waals surface area (Å²) in [7, 11) is 1.63. The first kappa shape index (κ1) is 17.1. The second-order valence-electron chi connectivity index (χ2n) is 6.05. The van der Waals surface area contributed by atoms with Gasteiger partial charge in [-0.15, -0.1) is 11.3 Å². The first-order valence-electron chi connectivity index (χ1n) is 8.31. The number of nitrogens with zero attached hydrogens (tertiary/aromatic N) is 2. The lowest BCUT2D eigenvalue weighted by Crippen LogP contribution is -2.13. The van der Waals surface area contributed by atoms with E-state index in [2.05, 4.69) is 10.1 Å². The highest BCUT2D eigenvalue weighted by Crippen LogP contribution is 2.25. The Morgan fingerprint density at radius 2 is 2.00 bits per heavy atom. The summed E-state index contributed by atoms with van der Waals surface area (Å²) in [4.78, 5) is 16.9. The van der Waals surface area contributed by atoms with Crippen LogP contribution in [-0.2, 0) is 6.42 Å². The van der Waals surface area contributed by atoms with Gasteiger partial charge in [0.1, 0.15) is 11.5 Å². The second-order valence-corrected chi connectivity index (χ2v) is 6.88. The second kappa shape index (κ2) is 7.13. The molecule has 2 aromatic carbocycles. The average Bonchev–Trinajstić information content (AvgIpc) is 3.29. The first-order chi connectivity index (χ1) is 13.1. The van der Waals surface area contributed by atoms with Crippen LogP contribution >= 0.6 is 11.3 Å². The number of aromatic hydroxyl groups is 1. The summed E-state index contributed by atoms with van der Waals surface area (Å²) >= 11 is 1.38. The van der Waals surface area contributed by atoms with E-state index >= 15 is 0 Å². The van der Waals surface area contributed by atoms with E-state index in [4.69, 9.17) is 4.74 Å². The van der Waals surface area contributed by atoms with Crippen LogP contribution in [0.3, 0.4) is 0 Å². The minimum Gasteiger partial charge on any atom is -0.508 e. The third-order valence-corrected chi connectivity index (χ3v) is 4.97. The maximum atomic E-state index is 12.4. The number of phenols is 1. The zero-order chi connectivity index (χ0) is 18.8. The van der Waals surface area contributed by atoms with Gasteiger partial charge in [-0.1, -0.05) is 12.1 Å². The Morgan fingerprint density at radius 3 is 2.78 bits per heavy atom. The van der Waals surface area contributed by atoms with E-state index in [1.165, 1.54) is 16.0 Å². The van der Waals surface area contributed by atoms with E-state index in [1.54, 1.807) is 37.4 Å². The molecular formula is C20H17N3O3S. The Kier molecular flexibility index (Phi) is 4.52. The molecule has 6 nitrogen and oxygen atoms in total. The topological polar surface area (TPSA) is 80.1 Å². The number of aromatic nitrogens is 3.